The van der Waals surface area contributed by atoms with Crippen molar-refractivity contribution in [3.8, 4) is 22.5 Å². The van der Waals surface area contributed by atoms with Gasteiger partial charge >= 0.3 is 0 Å². The fraction of sp³-hybridized carbons (Fsp3) is 0.0263. The molecular weight excluding hydrogens is 500 g/mol. The van der Waals surface area contributed by atoms with Gasteiger partial charge in [-0.1, -0.05) is 84.9 Å². The summed E-state index contributed by atoms with van der Waals surface area (Å²) in [7, 11) is 0. The molecule has 0 unspecified atom stereocenters. The van der Waals surface area contributed by atoms with E-state index in [1.165, 1.54) is 32.6 Å². The number of Topliss-reactive ketones (excluding diaryl/α,β-unsaturated/α-hetero) is 1. The molecule has 0 N–H and O–H groups in total. The lowest BCUT2D eigenvalue weighted by atomic mass is 9.84. The molecule has 6 aromatic carbocycles. The van der Waals surface area contributed by atoms with Crippen LogP contribution in [0, 0.1) is 0 Å². The molecule has 0 spiro atoms. The topological polar surface area (TPSA) is 26.9 Å². The number of carbonyl (C=O) groups excluding carboxylic acids is 1. The van der Waals surface area contributed by atoms with Gasteiger partial charge in [0, 0.05) is 44.9 Å². The standard InChI is InChI=1S/C38H24N2O/c41-38-21-24-20-26(18-19-27(24)28-12-4-5-15-31(28)38)40-35-17-9-7-14-30(35)33-22-32-29-13-6-8-16-34(29)39(36(32)23-37(33)40)25-10-2-1-3-11-25/h1-20,22-23H,21H2. The minimum atomic E-state index is 0.182. The molecule has 0 atom stereocenters. The van der Waals surface area contributed by atoms with Crippen molar-refractivity contribution in [1.82, 2.24) is 9.13 Å². The number of hydrogen-bond donors (Lipinski definition) is 0. The van der Waals surface area contributed by atoms with Gasteiger partial charge < -0.3 is 9.13 Å². The molecule has 0 bridgehead atoms. The molecule has 1 aliphatic carbocycles. The Labute approximate surface area is 236 Å². The van der Waals surface area contributed by atoms with E-state index in [1.54, 1.807) is 0 Å². The highest BCUT2D eigenvalue weighted by Gasteiger charge is 2.24. The van der Waals surface area contributed by atoms with E-state index in [9.17, 15) is 4.79 Å². The third kappa shape index (κ3) is 3.12. The molecule has 0 fully saturated rings. The molecule has 2 aromatic heterocycles. The van der Waals surface area contributed by atoms with Gasteiger partial charge in [0.1, 0.15) is 0 Å². The highest BCUT2D eigenvalue weighted by molar-refractivity contribution is 6.19. The van der Waals surface area contributed by atoms with Gasteiger partial charge in [-0.3, -0.25) is 4.79 Å². The summed E-state index contributed by atoms with van der Waals surface area (Å²) in [6.45, 7) is 0. The molecule has 0 saturated heterocycles. The van der Waals surface area contributed by atoms with Gasteiger partial charge in [-0.25, -0.2) is 0 Å². The maximum atomic E-state index is 13.1. The van der Waals surface area contributed by atoms with Crippen LogP contribution in [0.2, 0.25) is 0 Å². The van der Waals surface area contributed by atoms with Gasteiger partial charge in [-0.05, 0) is 65.2 Å². The van der Waals surface area contributed by atoms with E-state index >= 15 is 0 Å². The minimum absolute atomic E-state index is 0.182. The van der Waals surface area contributed by atoms with Crippen LogP contribution >= 0.6 is 0 Å². The van der Waals surface area contributed by atoms with Crippen molar-refractivity contribution >= 4 is 49.4 Å². The van der Waals surface area contributed by atoms with Gasteiger partial charge in [-0.15, -0.1) is 0 Å². The van der Waals surface area contributed by atoms with Crippen LogP contribution < -0.4 is 0 Å². The van der Waals surface area contributed by atoms with E-state index < -0.39 is 0 Å². The Morgan fingerprint density at radius 2 is 1.00 bits per heavy atom. The highest BCUT2D eigenvalue weighted by atomic mass is 16.1. The minimum Gasteiger partial charge on any atom is -0.309 e. The van der Waals surface area contributed by atoms with Gasteiger partial charge in [-0.2, -0.15) is 0 Å². The fourth-order valence-corrected chi connectivity index (χ4v) is 6.92. The quantitative estimate of drug-likeness (QED) is 0.221. The fourth-order valence-electron chi connectivity index (χ4n) is 6.92. The molecule has 8 aromatic rings. The molecule has 9 rings (SSSR count). The summed E-state index contributed by atoms with van der Waals surface area (Å²) >= 11 is 0. The Morgan fingerprint density at radius 1 is 0.415 bits per heavy atom. The van der Waals surface area contributed by atoms with E-state index in [4.69, 9.17) is 0 Å². The van der Waals surface area contributed by atoms with Crippen LogP contribution in [-0.2, 0) is 6.42 Å². The summed E-state index contributed by atoms with van der Waals surface area (Å²) in [5.41, 5.74) is 11.0. The Hall–Kier alpha value is -5.41. The Balaban J connectivity index is 1.38. The van der Waals surface area contributed by atoms with Crippen molar-refractivity contribution in [2.24, 2.45) is 0 Å². The van der Waals surface area contributed by atoms with Gasteiger partial charge in [0.2, 0.25) is 0 Å². The molecule has 0 aliphatic heterocycles. The molecule has 2 heterocycles. The van der Waals surface area contributed by atoms with Crippen LogP contribution in [0.25, 0.3) is 66.1 Å². The first kappa shape index (κ1) is 22.4. The maximum absolute atomic E-state index is 13.1. The summed E-state index contributed by atoms with van der Waals surface area (Å²) < 4.78 is 4.73. The number of rotatable bonds is 2. The van der Waals surface area contributed by atoms with Crippen molar-refractivity contribution in [1.29, 1.82) is 0 Å². The van der Waals surface area contributed by atoms with Gasteiger partial charge in [0.05, 0.1) is 22.1 Å². The van der Waals surface area contributed by atoms with E-state index in [-0.39, 0.29) is 5.78 Å². The van der Waals surface area contributed by atoms with Crippen LogP contribution in [-0.4, -0.2) is 14.9 Å². The molecule has 192 valence electrons. The average Bonchev–Trinajstić information content (AvgIpc) is 3.52. The second kappa shape index (κ2) is 8.30. The zero-order valence-corrected chi connectivity index (χ0v) is 22.2. The predicted molar refractivity (Wildman–Crippen MR) is 169 cm³/mol. The second-order valence-corrected chi connectivity index (χ2v) is 10.9. The number of benzene rings is 6. The lowest BCUT2D eigenvalue weighted by Gasteiger charge is -2.20. The highest BCUT2D eigenvalue weighted by Crippen LogP contribution is 2.41. The number of hydrogen-bond acceptors (Lipinski definition) is 1. The first-order chi connectivity index (χ1) is 20.3. The second-order valence-electron chi connectivity index (χ2n) is 10.9. The largest absolute Gasteiger partial charge is 0.309 e. The van der Waals surface area contributed by atoms with Gasteiger partial charge in [0.25, 0.3) is 0 Å². The Kier molecular flexibility index (Phi) is 4.53. The third-order valence-electron chi connectivity index (χ3n) is 8.70. The normalized spacial score (nSPS) is 12.8. The lowest BCUT2D eigenvalue weighted by Crippen LogP contribution is -2.12. The van der Waals surface area contributed by atoms with Gasteiger partial charge in [0.15, 0.2) is 5.78 Å². The predicted octanol–water partition coefficient (Wildman–Crippen LogP) is 9.29. The number of para-hydroxylation sites is 3. The van der Waals surface area contributed by atoms with Crippen molar-refractivity contribution in [3.05, 3.63) is 145 Å². The number of nitrogens with zero attached hydrogens (tertiary/aromatic N) is 2. The van der Waals surface area contributed by atoms with Crippen LogP contribution in [0.5, 0.6) is 0 Å². The summed E-state index contributed by atoms with van der Waals surface area (Å²) in [5, 5.41) is 4.94. The van der Waals surface area contributed by atoms with E-state index in [0.717, 1.165) is 44.7 Å². The smallest absolute Gasteiger partial charge is 0.167 e. The molecule has 0 saturated carbocycles. The van der Waals surface area contributed by atoms with E-state index in [0.29, 0.717) is 6.42 Å². The van der Waals surface area contributed by atoms with Crippen LogP contribution in [0.1, 0.15) is 15.9 Å². The van der Waals surface area contributed by atoms with Crippen molar-refractivity contribution in [2.75, 3.05) is 0 Å². The third-order valence-corrected chi connectivity index (χ3v) is 8.70. The van der Waals surface area contributed by atoms with Crippen LogP contribution in [0.3, 0.4) is 0 Å². The molecule has 1 aliphatic rings. The summed E-state index contributed by atoms with van der Waals surface area (Å²) in [5.74, 6) is 0.182. The summed E-state index contributed by atoms with van der Waals surface area (Å²) in [4.78, 5) is 13.1. The summed E-state index contributed by atoms with van der Waals surface area (Å²) in [6.07, 6.45) is 0.420. The van der Waals surface area contributed by atoms with Crippen LogP contribution in [0.15, 0.2) is 133 Å². The monoisotopic (exact) mass is 524 g/mol. The summed E-state index contributed by atoms with van der Waals surface area (Å²) in [6, 6.07) is 47.2. The number of ketones is 1. The molecule has 41 heavy (non-hydrogen) atoms. The number of aromatic nitrogens is 2. The van der Waals surface area contributed by atoms with E-state index in [2.05, 4.69) is 124 Å². The molecule has 0 radical (unpaired) electrons. The zero-order valence-electron chi connectivity index (χ0n) is 22.2. The molecule has 0 amide bonds. The maximum Gasteiger partial charge on any atom is 0.167 e. The van der Waals surface area contributed by atoms with Crippen molar-refractivity contribution in [2.45, 2.75) is 6.42 Å². The van der Waals surface area contributed by atoms with E-state index in [1.807, 2.05) is 18.2 Å². The lowest BCUT2D eigenvalue weighted by molar-refractivity contribution is 0.0992. The number of carbonyl (C=O) groups is 1. The Bertz CT molecular complexity index is 2350. The molecule has 3 nitrogen and oxygen atoms in total. The van der Waals surface area contributed by atoms with Crippen molar-refractivity contribution in [3.63, 3.8) is 0 Å². The first-order valence-corrected chi connectivity index (χ1v) is 14.0. The SMILES string of the molecule is O=C1Cc2cc(-n3c4ccccc4c4cc5c6ccccc6n(-c6ccccc6)c5cc43)ccc2-c2ccccc21. The molecular formula is C38H24N2O. The Morgan fingerprint density at radius 3 is 1.71 bits per heavy atom. The van der Waals surface area contributed by atoms with Crippen LogP contribution in [0.4, 0.5) is 0 Å². The zero-order chi connectivity index (χ0) is 27.1. The average molecular weight is 525 g/mol. The van der Waals surface area contributed by atoms with Crippen molar-refractivity contribution < 1.29 is 4.79 Å². The number of fused-ring (bicyclic) bond motifs is 9. The molecule has 3 heteroatoms. The first-order valence-electron chi connectivity index (χ1n) is 14.0.